The molecule has 0 heterocycles. The first-order chi connectivity index (χ1) is 5.25. The number of fused-ring (bicyclic) bond motifs is 2. The van der Waals surface area contributed by atoms with Gasteiger partial charge < -0.3 is 0 Å². The molecule has 0 nitrogen and oxygen atoms in total. The highest BCUT2D eigenvalue weighted by Crippen LogP contribution is 2.50. The van der Waals surface area contributed by atoms with Gasteiger partial charge in [-0.3, -0.25) is 0 Å². The number of allylic oxidation sites excluding steroid dienone is 1. The predicted octanol–water partition coefficient (Wildman–Crippen LogP) is 3.57. The van der Waals surface area contributed by atoms with Crippen molar-refractivity contribution in [3.05, 3.63) is 11.6 Å². The Hall–Kier alpha value is 0.0300. The molecule has 0 aromatic carbocycles. The van der Waals surface area contributed by atoms with Crippen molar-refractivity contribution in [3.63, 3.8) is 0 Å². The van der Waals surface area contributed by atoms with Gasteiger partial charge in [-0.1, -0.05) is 24.6 Å². The first-order valence-electron chi connectivity index (χ1n) is 4.59. The third-order valence-electron chi connectivity index (χ3n) is 3.37. The molecule has 11 heavy (non-hydrogen) atoms. The van der Waals surface area contributed by atoms with Crippen molar-refractivity contribution in [2.45, 2.75) is 32.1 Å². The quantitative estimate of drug-likeness (QED) is 0.595. The molecule has 2 bridgehead atoms. The Kier molecular flexibility index (Phi) is 1.97. The van der Waals surface area contributed by atoms with Crippen LogP contribution >= 0.6 is 11.6 Å². The fourth-order valence-electron chi connectivity index (χ4n) is 2.91. The molecule has 2 aliphatic carbocycles. The second-order valence-electron chi connectivity index (χ2n) is 4.16. The van der Waals surface area contributed by atoms with Crippen LogP contribution in [0.4, 0.5) is 0 Å². The highest BCUT2D eigenvalue weighted by atomic mass is 35.5. The average Bonchev–Trinajstić information content (AvgIpc) is 2.45. The predicted molar refractivity (Wildman–Crippen MR) is 48.5 cm³/mol. The van der Waals surface area contributed by atoms with Crippen LogP contribution in [-0.2, 0) is 0 Å². The van der Waals surface area contributed by atoms with E-state index >= 15 is 0 Å². The van der Waals surface area contributed by atoms with E-state index in [1.54, 1.807) is 0 Å². The maximum atomic E-state index is 5.80. The summed E-state index contributed by atoms with van der Waals surface area (Å²) in [7, 11) is 0. The minimum Gasteiger partial charge on any atom is -0.0898 e. The van der Waals surface area contributed by atoms with Crippen molar-refractivity contribution in [3.8, 4) is 0 Å². The Morgan fingerprint density at radius 3 is 2.64 bits per heavy atom. The zero-order valence-corrected chi connectivity index (χ0v) is 7.61. The van der Waals surface area contributed by atoms with E-state index < -0.39 is 0 Å². The van der Waals surface area contributed by atoms with Crippen LogP contribution in [0.1, 0.15) is 32.1 Å². The summed E-state index contributed by atoms with van der Waals surface area (Å²) in [6.45, 7) is 3.77. The Bertz CT molecular complexity index is 174. The van der Waals surface area contributed by atoms with Crippen LogP contribution in [-0.4, -0.2) is 0 Å². The fraction of sp³-hybridized carbons (Fsp3) is 0.800. The van der Waals surface area contributed by atoms with Gasteiger partial charge in [0, 0.05) is 5.03 Å². The van der Waals surface area contributed by atoms with Crippen LogP contribution in [0, 0.1) is 17.8 Å². The topological polar surface area (TPSA) is 0 Å². The molecule has 2 aliphatic rings. The molecule has 0 aliphatic heterocycles. The number of hydrogen-bond donors (Lipinski definition) is 0. The van der Waals surface area contributed by atoms with E-state index in [0.29, 0.717) is 0 Å². The number of halogens is 1. The molecule has 2 fully saturated rings. The van der Waals surface area contributed by atoms with Gasteiger partial charge >= 0.3 is 0 Å². The molecule has 2 saturated carbocycles. The van der Waals surface area contributed by atoms with Gasteiger partial charge in [0.25, 0.3) is 0 Å². The van der Waals surface area contributed by atoms with E-state index in [9.17, 15) is 0 Å². The Balaban J connectivity index is 1.92. The van der Waals surface area contributed by atoms with E-state index in [1.807, 2.05) is 0 Å². The standard InChI is InChI=1S/C10H15Cl/c1-7(11)4-10-6-8-2-3-9(10)5-8/h8-10H,1-6H2/t8-,9+,10?/m1/s1. The van der Waals surface area contributed by atoms with Gasteiger partial charge in [0.05, 0.1) is 0 Å². The molecule has 0 saturated heterocycles. The van der Waals surface area contributed by atoms with E-state index in [0.717, 1.165) is 29.2 Å². The molecule has 0 N–H and O–H groups in total. The van der Waals surface area contributed by atoms with Gasteiger partial charge in [0.15, 0.2) is 0 Å². The molecular formula is C10H15Cl. The highest BCUT2D eigenvalue weighted by molar-refractivity contribution is 6.29. The Morgan fingerprint density at radius 2 is 2.18 bits per heavy atom. The summed E-state index contributed by atoms with van der Waals surface area (Å²) in [6.07, 6.45) is 6.92. The molecule has 2 rings (SSSR count). The van der Waals surface area contributed by atoms with Gasteiger partial charge in [-0.2, -0.15) is 0 Å². The lowest BCUT2D eigenvalue weighted by Gasteiger charge is -2.20. The lowest BCUT2D eigenvalue weighted by Crippen LogP contribution is -2.09. The maximum absolute atomic E-state index is 5.80. The van der Waals surface area contributed by atoms with Crippen molar-refractivity contribution in [2.75, 3.05) is 0 Å². The van der Waals surface area contributed by atoms with E-state index in [-0.39, 0.29) is 0 Å². The second-order valence-corrected chi connectivity index (χ2v) is 4.69. The van der Waals surface area contributed by atoms with Crippen LogP contribution in [0.2, 0.25) is 0 Å². The normalized spacial score (nSPS) is 41.4. The summed E-state index contributed by atoms with van der Waals surface area (Å²) >= 11 is 5.80. The zero-order chi connectivity index (χ0) is 7.84. The van der Waals surface area contributed by atoms with E-state index in [1.165, 1.54) is 25.7 Å². The van der Waals surface area contributed by atoms with E-state index in [4.69, 9.17) is 11.6 Å². The molecule has 1 heteroatoms. The van der Waals surface area contributed by atoms with Gasteiger partial charge in [-0.15, -0.1) is 0 Å². The van der Waals surface area contributed by atoms with E-state index in [2.05, 4.69) is 6.58 Å². The SMILES string of the molecule is C=C(Cl)CC1C[C@@H]2CC[C@H]1C2. The van der Waals surface area contributed by atoms with Crippen LogP contribution in [0.3, 0.4) is 0 Å². The van der Waals surface area contributed by atoms with Crippen molar-refractivity contribution < 1.29 is 0 Å². The molecule has 0 aromatic heterocycles. The summed E-state index contributed by atoms with van der Waals surface area (Å²) in [5, 5.41) is 0.863. The second kappa shape index (κ2) is 2.82. The monoisotopic (exact) mass is 170 g/mol. The largest absolute Gasteiger partial charge is 0.0898 e. The smallest absolute Gasteiger partial charge is 0.0112 e. The minimum atomic E-state index is 0.863. The van der Waals surface area contributed by atoms with Crippen LogP contribution in [0.15, 0.2) is 11.6 Å². The molecule has 1 unspecified atom stereocenters. The molecule has 0 radical (unpaired) electrons. The Labute approximate surface area is 73.6 Å². The average molecular weight is 171 g/mol. The molecule has 62 valence electrons. The summed E-state index contributed by atoms with van der Waals surface area (Å²) in [5.41, 5.74) is 0. The number of hydrogen-bond acceptors (Lipinski definition) is 0. The van der Waals surface area contributed by atoms with Crippen molar-refractivity contribution in [2.24, 2.45) is 17.8 Å². The summed E-state index contributed by atoms with van der Waals surface area (Å²) in [5.74, 6) is 2.93. The van der Waals surface area contributed by atoms with Gasteiger partial charge in [-0.25, -0.2) is 0 Å². The summed E-state index contributed by atoms with van der Waals surface area (Å²) < 4.78 is 0. The maximum Gasteiger partial charge on any atom is 0.0112 e. The summed E-state index contributed by atoms with van der Waals surface area (Å²) in [6, 6.07) is 0. The van der Waals surface area contributed by atoms with Gasteiger partial charge in [-0.05, 0) is 43.4 Å². The van der Waals surface area contributed by atoms with Gasteiger partial charge in [0.2, 0.25) is 0 Å². The van der Waals surface area contributed by atoms with Crippen molar-refractivity contribution >= 4 is 11.6 Å². The lowest BCUT2D eigenvalue weighted by molar-refractivity contribution is 0.334. The summed E-state index contributed by atoms with van der Waals surface area (Å²) in [4.78, 5) is 0. The molecule has 0 spiro atoms. The van der Waals surface area contributed by atoms with Crippen molar-refractivity contribution in [1.29, 1.82) is 0 Å². The lowest BCUT2D eigenvalue weighted by atomic mass is 9.86. The van der Waals surface area contributed by atoms with Crippen molar-refractivity contribution in [1.82, 2.24) is 0 Å². The number of rotatable bonds is 2. The molecule has 0 aromatic rings. The molecule has 3 atom stereocenters. The third kappa shape index (κ3) is 1.46. The first-order valence-corrected chi connectivity index (χ1v) is 4.97. The minimum absolute atomic E-state index is 0.863. The van der Waals surface area contributed by atoms with Crippen LogP contribution in [0.5, 0.6) is 0 Å². The zero-order valence-electron chi connectivity index (χ0n) is 6.85. The molecular weight excluding hydrogens is 156 g/mol. The first kappa shape index (κ1) is 7.67. The van der Waals surface area contributed by atoms with Crippen LogP contribution in [0.25, 0.3) is 0 Å². The Morgan fingerprint density at radius 1 is 1.36 bits per heavy atom. The highest BCUT2D eigenvalue weighted by Gasteiger charge is 2.39. The van der Waals surface area contributed by atoms with Gasteiger partial charge in [0.1, 0.15) is 0 Å². The van der Waals surface area contributed by atoms with Crippen LogP contribution < -0.4 is 0 Å². The molecule has 0 amide bonds. The third-order valence-corrected chi connectivity index (χ3v) is 3.52. The fourth-order valence-corrected chi connectivity index (χ4v) is 3.11.